The van der Waals surface area contributed by atoms with Gasteiger partial charge in [-0.15, -0.1) is 0 Å². The van der Waals surface area contributed by atoms with E-state index in [2.05, 4.69) is 11.0 Å². The molecule has 1 saturated heterocycles. The van der Waals surface area contributed by atoms with Crippen molar-refractivity contribution in [3.05, 3.63) is 29.8 Å². The van der Waals surface area contributed by atoms with Gasteiger partial charge in [0.1, 0.15) is 12.4 Å². The number of rotatable bonds is 4. The number of halogens is 3. The van der Waals surface area contributed by atoms with Gasteiger partial charge in [-0.2, -0.15) is 13.2 Å². The summed E-state index contributed by atoms with van der Waals surface area (Å²) in [4.78, 5) is 2.25. The van der Waals surface area contributed by atoms with Crippen LogP contribution in [0.3, 0.4) is 0 Å². The van der Waals surface area contributed by atoms with Crippen molar-refractivity contribution in [1.82, 2.24) is 4.90 Å². The van der Waals surface area contributed by atoms with E-state index in [1.165, 1.54) is 18.9 Å². The van der Waals surface area contributed by atoms with E-state index in [4.69, 9.17) is 4.74 Å². The second-order valence-corrected chi connectivity index (χ2v) is 4.35. The van der Waals surface area contributed by atoms with Crippen LogP contribution in [0.5, 0.6) is 5.75 Å². The van der Waals surface area contributed by atoms with Gasteiger partial charge < -0.3 is 4.74 Å². The first-order chi connectivity index (χ1) is 8.55. The Morgan fingerprint density at radius 3 is 2.61 bits per heavy atom. The molecule has 99 valence electrons. The summed E-state index contributed by atoms with van der Waals surface area (Å²) in [5.41, 5.74) is -0.721. The molecule has 2 nitrogen and oxygen atoms in total. The first-order valence-electron chi connectivity index (χ1n) is 5.99. The fraction of sp³-hybridized carbons (Fsp3) is 0.538. The van der Waals surface area contributed by atoms with Gasteiger partial charge in [0.2, 0.25) is 0 Å². The van der Waals surface area contributed by atoms with Crippen molar-refractivity contribution in [2.75, 3.05) is 26.2 Å². The topological polar surface area (TPSA) is 12.5 Å². The van der Waals surface area contributed by atoms with Gasteiger partial charge in [-0.1, -0.05) is 0 Å². The number of benzene rings is 1. The summed E-state index contributed by atoms with van der Waals surface area (Å²) < 4.78 is 42.7. The number of hydrogen-bond acceptors (Lipinski definition) is 2. The molecule has 1 aliphatic heterocycles. The second kappa shape index (κ2) is 5.61. The highest BCUT2D eigenvalue weighted by Crippen LogP contribution is 2.31. The molecule has 0 N–H and O–H groups in total. The molecular formula is C13H15F3NO. The fourth-order valence-corrected chi connectivity index (χ4v) is 2.00. The average molecular weight is 258 g/mol. The Balaban J connectivity index is 1.85. The molecule has 0 bridgehead atoms. The first kappa shape index (κ1) is 13.2. The van der Waals surface area contributed by atoms with Gasteiger partial charge in [0.15, 0.2) is 0 Å². The largest absolute Gasteiger partial charge is 0.492 e. The predicted molar refractivity (Wildman–Crippen MR) is 61.4 cm³/mol. The lowest BCUT2D eigenvalue weighted by Crippen LogP contribution is -2.25. The van der Waals surface area contributed by atoms with Crippen molar-refractivity contribution in [3.8, 4) is 5.75 Å². The molecule has 1 radical (unpaired) electrons. The van der Waals surface area contributed by atoms with Crippen molar-refractivity contribution >= 4 is 0 Å². The summed E-state index contributed by atoms with van der Waals surface area (Å²) in [7, 11) is 0. The van der Waals surface area contributed by atoms with E-state index in [0.29, 0.717) is 6.61 Å². The van der Waals surface area contributed by atoms with Gasteiger partial charge >= 0.3 is 6.18 Å². The van der Waals surface area contributed by atoms with E-state index >= 15 is 0 Å². The molecule has 0 spiro atoms. The van der Waals surface area contributed by atoms with Crippen LogP contribution in [0.1, 0.15) is 18.4 Å². The highest BCUT2D eigenvalue weighted by atomic mass is 19.4. The Morgan fingerprint density at radius 2 is 1.94 bits per heavy atom. The SMILES string of the molecule is FC(F)(F)c1c[c]cc(OCCN2CCCC2)c1. The van der Waals surface area contributed by atoms with Gasteiger partial charge in [0.05, 0.1) is 5.56 Å². The van der Waals surface area contributed by atoms with Crippen molar-refractivity contribution in [2.45, 2.75) is 19.0 Å². The summed E-state index contributed by atoms with van der Waals surface area (Å²) in [6.45, 7) is 3.28. The minimum atomic E-state index is -4.34. The number of likely N-dealkylation sites (tertiary alicyclic amines) is 1. The van der Waals surface area contributed by atoms with E-state index in [9.17, 15) is 13.2 Å². The molecule has 0 saturated carbocycles. The molecule has 1 fully saturated rings. The van der Waals surface area contributed by atoms with Gasteiger partial charge in [-0.25, -0.2) is 0 Å². The fourth-order valence-electron chi connectivity index (χ4n) is 2.00. The van der Waals surface area contributed by atoms with Crippen molar-refractivity contribution in [2.24, 2.45) is 0 Å². The van der Waals surface area contributed by atoms with Crippen LogP contribution in [-0.4, -0.2) is 31.1 Å². The van der Waals surface area contributed by atoms with Crippen LogP contribution in [-0.2, 0) is 6.18 Å². The molecule has 0 atom stereocenters. The van der Waals surface area contributed by atoms with E-state index in [0.717, 1.165) is 31.8 Å². The molecule has 0 aliphatic carbocycles. The summed E-state index contributed by atoms with van der Waals surface area (Å²) in [6.07, 6.45) is -1.96. The van der Waals surface area contributed by atoms with E-state index in [1.807, 2.05) is 0 Å². The Bertz CT molecular complexity index is 386. The smallest absolute Gasteiger partial charge is 0.416 e. The van der Waals surface area contributed by atoms with Gasteiger partial charge in [-0.3, -0.25) is 4.90 Å². The van der Waals surface area contributed by atoms with Gasteiger partial charge in [0.25, 0.3) is 0 Å². The molecule has 0 unspecified atom stereocenters. The zero-order chi connectivity index (χ0) is 13.0. The van der Waals surface area contributed by atoms with Crippen LogP contribution in [0.4, 0.5) is 13.2 Å². The van der Waals surface area contributed by atoms with Crippen molar-refractivity contribution in [3.63, 3.8) is 0 Å². The highest BCUT2D eigenvalue weighted by molar-refractivity contribution is 5.29. The van der Waals surface area contributed by atoms with E-state index in [-0.39, 0.29) is 5.75 Å². The molecular weight excluding hydrogens is 243 g/mol. The number of nitrogens with zero attached hydrogens (tertiary/aromatic N) is 1. The molecule has 1 heterocycles. The third kappa shape index (κ3) is 3.63. The van der Waals surface area contributed by atoms with E-state index in [1.54, 1.807) is 0 Å². The summed E-state index contributed by atoms with van der Waals surface area (Å²) in [6, 6.07) is 5.82. The third-order valence-electron chi connectivity index (χ3n) is 2.96. The maximum Gasteiger partial charge on any atom is 0.416 e. The Labute approximate surface area is 104 Å². The molecule has 0 aromatic heterocycles. The number of hydrogen-bond donors (Lipinski definition) is 0. The minimum Gasteiger partial charge on any atom is -0.492 e. The lowest BCUT2D eigenvalue weighted by Gasteiger charge is -2.15. The molecule has 0 amide bonds. The number of ether oxygens (including phenoxy) is 1. The lowest BCUT2D eigenvalue weighted by atomic mass is 10.2. The molecule has 2 rings (SSSR count). The second-order valence-electron chi connectivity index (χ2n) is 4.35. The minimum absolute atomic E-state index is 0.226. The highest BCUT2D eigenvalue weighted by Gasteiger charge is 2.30. The molecule has 1 aliphatic rings. The Kier molecular flexibility index (Phi) is 4.11. The summed E-state index contributed by atoms with van der Waals surface area (Å²) >= 11 is 0. The van der Waals surface area contributed by atoms with Crippen LogP contribution in [0.2, 0.25) is 0 Å². The maximum atomic E-state index is 12.5. The Morgan fingerprint density at radius 1 is 1.22 bits per heavy atom. The summed E-state index contributed by atoms with van der Waals surface area (Å²) in [5, 5.41) is 0. The van der Waals surface area contributed by atoms with Crippen molar-refractivity contribution < 1.29 is 17.9 Å². The zero-order valence-electron chi connectivity index (χ0n) is 9.96. The summed E-state index contributed by atoms with van der Waals surface area (Å²) in [5.74, 6) is 0.226. The quantitative estimate of drug-likeness (QED) is 0.823. The van der Waals surface area contributed by atoms with Gasteiger partial charge in [0, 0.05) is 6.54 Å². The van der Waals surface area contributed by atoms with E-state index < -0.39 is 11.7 Å². The lowest BCUT2D eigenvalue weighted by molar-refractivity contribution is -0.137. The Hall–Kier alpha value is -1.23. The zero-order valence-corrected chi connectivity index (χ0v) is 9.96. The third-order valence-corrected chi connectivity index (χ3v) is 2.96. The maximum absolute atomic E-state index is 12.5. The standard InChI is InChI=1S/C13H15F3NO/c14-13(15,16)11-4-3-5-12(10-11)18-9-8-17-6-1-2-7-17/h4-5,10H,1-2,6-9H2. The molecule has 1 aromatic carbocycles. The van der Waals surface area contributed by atoms with Crippen molar-refractivity contribution in [1.29, 1.82) is 0 Å². The molecule has 18 heavy (non-hydrogen) atoms. The van der Waals surface area contributed by atoms with Crippen LogP contribution in [0, 0.1) is 6.07 Å². The first-order valence-corrected chi connectivity index (χ1v) is 5.99. The molecule has 5 heteroatoms. The van der Waals surface area contributed by atoms with Crippen LogP contribution in [0.15, 0.2) is 18.2 Å². The van der Waals surface area contributed by atoms with Crippen LogP contribution < -0.4 is 4.74 Å². The number of alkyl halides is 3. The van der Waals surface area contributed by atoms with Crippen LogP contribution in [0.25, 0.3) is 0 Å². The van der Waals surface area contributed by atoms with Crippen LogP contribution >= 0.6 is 0 Å². The monoisotopic (exact) mass is 258 g/mol. The molecule has 1 aromatic rings. The predicted octanol–water partition coefficient (Wildman–Crippen LogP) is 2.98. The average Bonchev–Trinajstić information content (AvgIpc) is 2.81. The normalized spacial score (nSPS) is 17.1. The van der Waals surface area contributed by atoms with Gasteiger partial charge in [-0.05, 0) is 50.2 Å².